The average molecular weight is 192 g/mol. The Balaban J connectivity index is 2.50. The van der Waals surface area contributed by atoms with Crippen molar-refractivity contribution in [1.82, 2.24) is 10.3 Å². The molecule has 0 radical (unpaired) electrons. The van der Waals surface area contributed by atoms with Crippen molar-refractivity contribution in [3.63, 3.8) is 0 Å². The van der Waals surface area contributed by atoms with Gasteiger partial charge in [-0.15, -0.1) is 0 Å². The first-order chi connectivity index (χ1) is 6.53. The van der Waals surface area contributed by atoms with Crippen LogP contribution in [-0.4, -0.2) is 10.5 Å². The number of rotatable bonds is 4. The summed E-state index contributed by atoms with van der Waals surface area (Å²) in [5.41, 5.74) is 2.53. The molecule has 0 bridgehead atoms. The Morgan fingerprint density at radius 1 is 1.36 bits per heavy atom. The number of nitrogens with zero attached hydrogens (tertiary/aromatic N) is 1. The van der Waals surface area contributed by atoms with E-state index in [-0.39, 0.29) is 5.54 Å². The molecule has 0 amide bonds. The number of aromatic nitrogens is 1. The minimum absolute atomic E-state index is 0.213. The third kappa shape index (κ3) is 3.46. The minimum Gasteiger partial charge on any atom is -0.308 e. The molecule has 0 aromatic carbocycles. The quantitative estimate of drug-likeness (QED) is 0.793. The number of pyridine rings is 1. The fraction of sp³-hybridized carbons (Fsp3) is 0.583. The van der Waals surface area contributed by atoms with Gasteiger partial charge in [-0.05, 0) is 38.8 Å². The molecule has 0 aliphatic heterocycles. The van der Waals surface area contributed by atoms with Gasteiger partial charge in [-0.1, -0.05) is 13.0 Å². The molecular weight excluding hydrogens is 172 g/mol. The van der Waals surface area contributed by atoms with Gasteiger partial charge in [0.05, 0.1) is 0 Å². The van der Waals surface area contributed by atoms with Crippen LogP contribution in [0, 0.1) is 6.92 Å². The second-order valence-corrected chi connectivity index (χ2v) is 4.40. The highest BCUT2D eigenvalue weighted by molar-refractivity contribution is 5.13. The molecule has 0 atom stereocenters. The highest BCUT2D eigenvalue weighted by Gasteiger charge is 2.12. The smallest absolute Gasteiger partial charge is 0.0372 e. The maximum Gasteiger partial charge on any atom is 0.0372 e. The molecule has 0 aliphatic rings. The summed E-state index contributed by atoms with van der Waals surface area (Å²) in [5.74, 6) is 0. The molecule has 1 aromatic rings. The van der Waals surface area contributed by atoms with Gasteiger partial charge in [0.2, 0.25) is 0 Å². The van der Waals surface area contributed by atoms with E-state index < -0.39 is 0 Å². The molecule has 2 nitrogen and oxygen atoms in total. The van der Waals surface area contributed by atoms with Gasteiger partial charge in [0.1, 0.15) is 0 Å². The Hall–Kier alpha value is -0.890. The van der Waals surface area contributed by atoms with Crippen molar-refractivity contribution in [3.8, 4) is 0 Å². The third-order valence-electron chi connectivity index (χ3n) is 2.63. The molecule has 0 fully saturated rings. The molecule has 1 N–H and O–H groups in total. The summed E-state index contributed by atoms with van der Waals surface area (Å²) in [7, 11) is 0. The van der Waals surface area contributed by atoms with Gasteiger partial charge in [0, 0.05) is 24.0 Å². The number of hydrogen-bond donors (Lipinski definition) is 1. The van der Waals surface area contributed by atoms with Gasteiger partial charge < -0.3 is 5.32 Å². The molecule has 78 valence electrons. The van der Waals surface area contributed by atoms with Crippen LogP contribution < -0.4 is 5.32 Å². The Morgan fingerprint density at radius 2 is 2.07 bits per heavy atom. The van der Waals surface area contributed by atoms with Crippen molar-refractivity contribution in [2.24, 2.45) is 0 Å². The van der Waals surface area contributed by atoms with Crippen LogP contribution in [0.4, 0.5) is 0 Å². The van der Waals surface area contributed by atoms with Crippen LogP contribution in [0.5, 0.6) is 0 Å². The SMILES string of the molecule is CCC(C)(C)NCc1ccc(C)nc1. The molecule has 0 spiro atoms. The largest absolute Gasteiger partial charge is 0.308 e. The third-order valence-corrected chi connectivity index (χ3v) is 2.63. The Labute approximate surface area is 86.8 Å². The molecule has 0 saturated heterocycles. The van der Waals surface area contributed by atoms with Crippen LogP contribution in [-0.2, 0) is 6.54 Å². The normalized spacial score (nSPS) is 11.7. The van der Waals surface area contributed by atoms with E-state index >= 15 is 0 Å². The molecule has 0 saturated carbocycles. The standard InChI is InChI=1S/C12H20N2/c1-5-12(3,4)14-9-11-7-6-10(2)13-8-11/h6-8,14H,5,9H2,1-4H3. The zero-order valence-corrected chi connectivity index (χ0v) is 9.59. The molecule has 0 aliphatic carbocycles. The first-order valence-electron chi connectivity index (χ1n) is 5.20. The Kier molecular flexibility index (Phi) is 3.64. The fourth-order valence-electron chi connectivity index (χ4n) is 1.07. The molecule has 14 heavy (non-hydrogen) atoms. The maximum absolute atomic E-state index is 4.27. The highest BCUT2D eigenvalue weighted by Crippen LogP contribution is 2.08. The maximum atomic E-state index is 4.27. The second kappa shape index (κ2) is 4.56. The van der Waals surface area contributed by atoms with E-state index in [0.717, 1.165) is 18.7 Å². The second-order valence-electron chi connectivity index (χ2n) is 4.40. The van der Waals surface area contributed by atoms with E-state index in [1.807, 2.05) is 13.1 Å². The van der Waals surface area contributed by atoms with Crippen molar-refractivity contribution < 1.29 is 0 Å². The lowest BCUT2D eigenvalue weighted by Crippen LogP contribution is -2.37. The van der Waals surface area contributed by atoms with Crippen molar-refractivity contribution in [3.05, 3.63) is 29.6 Å². The van der Waals surface area contributed by atoms with E-state index in [1.54, 1.807) is 0 Å². The van der Waals surface area contributed by atoms with Gasteiger partial charge in [-0.25, -0.2) is 0 Å². The van der Waals surface area contributed by atoms with Crippen molar-refractivity contribution in [2.45, 2.75) is 46.2 Å². The summed E-state index contributed by atoms with van der Waals surface area (Å²) in [6.45, 7) is 9.53. The molecule has 1 aromatic heterocycles. The van der Waals surface area contributed by atoms with Crippen LogP contribution in [0.15, 0.2) is 18.3 Å². The van der Waals surface area contributed by atoms with Crippen molar-refractivity contribution in [1.29, 1.82) is 0 Å². The molecular formula is C12H20N2. The summed E-state index contributed by atoms with van der Waals surface area (Å²) < 4.78 is 0. The molecule has 1 rings (SSSR count). The van der Waals surface area contributed by atoms with E-state index in [2.05, 4.69) is 43.2 Å². The van der Waals surface area contributed by atoms with Gasteiger partial charge in [0.25, 0.3) is 0 Å². The summed E-state index contributed by atoms with van der Waals surface area (Å²) in [6.07, 6.45) is 3.07. The lowest BCUT2D eigenvalue weighted by atomic mass is 10.0. The first-order valence-corrected chi connectivity index (χ1v) is 5.20. The van der Waals surface area contributed by atoms with E-state index in [1.165, 1.54) is 5.56 Å². The Morgan fingerprint density at radius 3 is 2.57 bits per heavy atom. The summed E-state index contributed by atoms with van der Waals surface area (Å²) in [5, 5.41) is 3.50. The molecule has 2 heteroatoms. The van der Waals surface area contributed by atoms with Crippen molar-refractivity contribution in [2.75, 3.05) is 0 Å². The van der Waals surface area contributed by atoms with Crippen LogP contribution in [0.1, 0.15) is 38.4 Å². The molecule has 0 unspecified atom stereocenters. The zero-order valence-electron chi connectivity index (χ0n) is 9.59. The van der Waals surface area contributed by atoms with Crippen LogP contribution in [0.3, 0.4) is 0 Å². The summed E-state index contributed by atoms with van der Waals surface area (Å²) in [4.78, 5) is 4.27. The Bertz CT molecular complexity index is 275. The first kappa shape index (κ1) is 11.2. The predicted octanol–water partition coefficient (Wildman–Crippen LogP) is 2.67. The van der Waals surface area contributed by atoms with Gasteiger partial charge in [0.15, 0.2) is 0 Å². The van der Waals surface area contributed by atoms with Gasteiger partial charge in [-0.3, -0.25) is 4.98 Å². The minimum atomic E-state index is 0.213. The molecule has 1 heterocycles. The van der Waals surface area contributed by atoms with Gasteiger partial charge >= 0.3 is 0 Å². The van der Waals surface area contributed by atoms with Crippen LogP contribution in [0.2, 0.25) is 0 Å². The van der Waals surface area contributed by atoms with E-state index in [9.17, 15) is 0 Å². The van der Waals surface area contributed by atoms with Crippen LogP contribution in [0.25, 0.3) is 0 Å². The topological polar surface area (TPSA) is 24.9 Å². The lowest BCUT2D eigenvalue weighted by Gasteiger charge is -2.24. The number of aryl methyl sites for hydroxylation is 1. The monoisotopic (exact) mass is 192 g/mol. The average Bonchev–Trinajstić information content (AvgIpc) is 2.17. The lowest BCUT2D eigenvalue weighted by molar-refractivity contribution is 0.374. The highest BCUT2D eigenvalue weighted by atomic mass is 14.9. The summed E-state index contributed by atoms with van der Waals surface area (Å²) in [6, 6.07) is 4.18. The summed E-state index contributed by atoms with van der Waals surface area (Å²) >= 11 is 0. The van der Waals surface area contributed by atoms with Gasteiger partial charge in [-0.2, -0.15) is 0 Å². The van der Waals surface area contributed by atoms with E-state index in [4.69, 9.17) is 0 Å². The number of nitrogens with one attached hydrogen (secondary N) is 1. The predicted molar refractivity (Wildman–Crippen MR) is 60.2 cm³/mol. The van der Waals surface area contributed by atoms with Crippen molar-refractivity contribution >= 4 is 0 Å². The van der Waals surface area contributed by atoms with Crippen LogP contribution >= 0.6 is 0 Å². The number of hydrogen-bond acceptors (Lipinski definition) is 2. The fourth-order valence-corrected chi connectivity index (χ4v) is 1.07. The van der Waals surface area contributed by atoms with E-state index in [0.29, 0.717) is 0 Å². The zero-order chi connectivity index (χ0) is 10.6.